The molecular formula is C13H20N2O4S. The number of sulfonamides is 1. The molecule has 2 N–H and O–H groups in total. The fourth-order valence-corrected chi connectivity index (χ4v) is 3.77. The van der Waals surface area contributed by atoms with Crippen molar-refractivity contribution in [3.05, 3.63) is 18.2 Å². The van der Waals surface area contributed by atoms with Gasteiger partial charge in [0.05, 0.1) is 4.90 Å². The zero-order chi connectivity index (χ0) is 14.8. The predicted molar refractivity (Wildman–Crippen MR) is 75.5 cm³/mol. The Kier molecular flexibility index (Phi) is 4.52. The van der Waals surface area contributed by atoms with Gasteiger partial charge in [0, 0.05) is 25.2 Å². The molecule has 0 unspecified atom stereocenters. The highest BCUT2D eigenvalue weighted by Crippen LogP contribution is 2.33. The number of nitrogens with zero attached hydrogens (tertiary/aromatic N) is 1. The molecule has 112 valence electrons. The smallest absolute Gasteiger partial charge is 0.243 e. The monoisotopic (exact) mass is 300 g/mol. The number of hydrogen-bond donors (Lipinski definition) is 1. The molecule has 0 saturated carbocycles. The Labute approximate surface area is 119 Å². The fraction of sp³-hybridized carbons (Fsp3) is 0.538. The number of fused-ring (bicyclic) bond motifs is 1. The number of hydrogen-bond acceptors (Lipinski definition) is 5. The average molecular weight is 300 g/mol. The van der Waals surface area contributed by atoms with E-state index in [1.165, 1.54) is 16.4 Å². The summed E-state index contributed by atoms with van der Waals surface area (Å²) in [7, 11) is -3.58. The van der Waals surface area contributed by atoms with Crippen molar-refractivity contribution < 1.29 is 17.9 Å². The van der Waals surface area contributed by atoms with Crippen molar-refractivity contribution in [2.24, 2.45) is 5.73 Å². The van der Waals surface area contributed by atoms with Crippen LogP contribution in [0.15, 0.2) is 23.1 Å². The molecule has 7 heteroatoms. The predicted octanol–water partition coefficient (Wildman–Crippen LogP) is 0.816. The molecule has 1 aromatic carbocycles. The molecule has 0 aliphatic carbocycles. The van der Waals surface area contributed by atoms with Crippen molar-refractivity contribution in [2.75, 3.05) is 26.3 Å². The Morgan fingerprint density at radius 1 is 1.25 bits per heavy atom. The molecule has 0 amide bonds. The van der Waals surface area contributed by atoms with Crippen LogP contribution in [0.25, 0.3) is 0 Å². The highest BCUT2D eigenvalue weighted by molar-refractivity contribution is 7.89. The molecule has 2 rings (SSSR count). The van der Waals surface area contributed by atoms with Gasteiger partial charge in [-0.3, -0.25) is 0 Å². The Morgan fingerprint density at radius 2 is 1.90 bits per heavy atom. The van der Waals surface area contributed by atoms with Crippen LogP contribution < -0.4 is 15.2 Å². The summed E-state index contributed by atoms with van der Waals surface area (Å²) in [5.74, 6) is 1.04. The van der Waals surface area contributed by atoms with Gasteiger partial charge in [-0.15, -0.1) is 0 Å². The lowest BCUT2D eigenvalue weighted by Gasteiger charge is -2.26. The molecule has 0 radical (unpaired) electrons. The van der Waals surface area contributed by atoms with Gasteiger partial charge in [0.2, 0.25) is 10.0 Å². The third-order valence-electron chi connectivity index (χ3n) is 3.05. The van der Waals surface area contributed by atoms with Crippen LogP contribution in [0.5, 0.6) is 11.5 Å². The molecular weight excluding hydrogens is 280 g/mol. The van der Waals surface area contributed by atoms with E-state index < -0.39 is 10.0 Å². The first kappa shape index (κ1) is 15.1. The van der Waals surface area contributed by atoms with E-state index >= 15 is 0 Å². The summed E-state index contributed by atoms with van der Waals surface area (Å²) in [5, 5.41) is 0. The first-order chi connectivity index (χ1) is 9.46. The second kappa shape index (κ2) is 5.99. The third-order valence-corrected chi connectivity index (χ3v) is 5.12. The van der Waals surface area contributed by atoms with E-state index in [0.717, 1.165) is 0 Å². The molecule has 0 atom stereocenters. The summed E-state index contributed by atoms with van der Waals surface area (Å²) in [6, 6.07) is 4.52. The Bertz CT molecular complexity index is 572. The first-order valence-corrected chi connectivity index (χ1v) is 8.02. The quantitative estimate of drug-likeness (QED) is 0.870. The fourth-order valence-electron chi connectivity index (χ4n) is 2.10. The average Bonchev–Trinajstić information content (AvgIpc) is 2.43. The number of nitrogens with two attached hydrogens (primary N) is 1. The summed E-state index contributed by atoms with van der Waals surface area (Å²) >= 11 is 0. The second-order valence-electron chi connectivity index (χ2n) is 4.80. The van der Waals surface area contributed by atoms with E-state index in [1.807, 2.05) is 13.8 Å². The van der Waals surface area contributed by atoms with Crippen LogP contribution in [-0.2, 0) is 10.0 Å². The Balaban J connectivity index is 2.38. The van der Waals surface area contributed by atoms with E-state index in [4.69, 9.17) is 15.2 Å². The maximum absolute atomic E-state index is 12.6. The summed E-state index contributed by atoms with van der Waals surface area (Å²) in [5.41, 5.74) is 5.50. The van der Waals surface area contributed by atoms with E-state index in [1.54, 1.807) is 6.07 Å². The van der Waals surface area contributed by atoms with Crippen molar-refractivity contribution in [1.29, 1.82) is 0 Å². The van der Waals surface area contributed by atoms with Gasteiger partial charge in [-0.1, -0.05) is 0 Å². The van der Waals surface area contributed by atoms with Gasteiger partial charge in [0.15, 0.2) is 11.5 Å². The van der Waals surface area contributed by atoms with E-state index in [0.29, 0.717) is 24.7 Å². The SMILES string of the molecule is CC(C)N(CCN)S(=O)(=O)c1ccc2c(c1)OCCO2. The molecule has 0 spiro atoms. The molecule has 0 fully saturated rings. The maximum atomic E-state index is 12.6. The lowest BCUT2D eigenvalue weighted by molar-refractivity contribution is 0.171. The standard InChI is InChI=1S/C13H20N2O4S/c1-10(2)15(6-5-14)20(16,17)11-3-4-12-13(9-11)19-8-7-18-12/h3-4,9-10H,5-8,14H2,1-2H3. The van der Waals surface area contributed by atoms with Crippen LogP contribution in [0.1, 0.15) is 13.8 Å². The van der Waals surface area contributed by atoms with Crippen LogP contribution in [0.2, 0.25) is 0 Å². The van der Waals surface area contributed by atoms with Gasteiger partial charge in [-0.05, 0) is 26.0 Å². The Morgan fingerprint density at radius 3 is 2.50 bits per heavy atom. The molecule has 1 aromatic rings. The first-order valence-electron chi connectivity index (χ1n) is 6.58. The van der Waals surface area contributed by atoms with Gasteiger partial charge < -0.3 is 15.2 Å². The summed E-state index contributed by atoms with van der Waals surface area (Å²) in [6.45, 7) is 5.12. The van der Waals surface area contributed by atoms with Crippen LogP contribution >= 0.6 is 0 Å². The van der Waals surface area contributed by atoms with Crippen molar-refractivity contribution in [1.82, 2.24) is 4.31 Å². The number of ether oxygens (including phenoxy) is 2. The second-order valence-corrected chi connectivity index (χ2v) is 6.69. The minimum atomic E-state index is -3.58. The van der Waals surface area contributed by atoms with Crippen molar-refractivity contribution in [3.63, 3.8) is 0 Å². The molecule has 6 nitrogen and oxygen atoms in total. The molecule has 0 bridgehead atoms. The molecule has 1 aliphatic heterocycles. The van der Waals surface area contributed by atoms with Gasteiger partial charge in [0.25, 0.3) is 0 Å². The van der Waals surface area contributed by atoms with Crippen LogP contribution in [0.4, 0.5) is 0 Å². The topological polar surface area (TPSA) is 81.9 Å². The summed E-state index contributed by atoms with van der Waals surface area (Å²) in [4.78, 5) is 0.198. The minimum Gasteiger partial charge on any atom is -0.486 e. The molecule has 0 saturated heterocycles. The normalized spacial score (nSPS) is 14.8. The van der Waals surface area contributed by atoms with Crippen LogP contribution in [-0.4, -0.2) is 45.1 Å². The number of benzene rings is 1. The highest BCUT2D eigenvalue weighted by Gasteiger charge is 2.27. The lowest BCUT2D eigenvalue weighted by Crippen LogP contribution is -2.40. The van der Waals surface area contributed by atoms with Gasteiger partial charge in [-0.2, -0.15) is 4.31 Å². The Hall–Kier alpha value is -1.31. The highest BCUT2D eigenvalue weighted by atomic mass is 32.2. The molecule has 20 heavy (non-hydrogen) atoms. The third kappa shape index (κ3) is 2.89. The maximum Gasteiger partial charge on any atom is 0.243 e. The van der Waals surface area contributed by atoms with Gasteiger partial charge in [-0.25, -0.2) is 8.42 Å². The van der Waals surface area contributed by atoms with E-state index in [9.17, 15) is 8.42 Å². The summed E-state index contributed by atoms with van der Waals surface area (Å²) < 4.78 is 37.5. The van der Waals surface area contributed by atoms with Crippen LogP contribution in [0, 0.1) is 0 Å². The van der Waals surface area contributed by atoms with Crippen molar-refractivity contribution >= 4 is 10.0 Å². The van der Waals surface area contributed by atoms with Gasteiger partial charge >= 0.3 is 0 Å². The molecule has 0 aromatic heterocycles. The lowest BCUT2D eigenvalue weighted by atomic mass is 10.3. The molecule has 1 aliphatic rings. The zero-order valence-electron chi connectivity index (χ0n) is 11.7. The van der Waals surface area contributed by atoms with E-state index in [2.05, 4.69) is 0 Å². The van der Waals surface area contributed by atoms with Crippen molar-refractivity contribution in [2.45, 2.75) is 24.8 Å². The van der Waals surface area contributed by atoms with Crippen LogP contribution in [0.3, 0.4) is 0 Å². The largest absolute Gasteiger partial charge is 0.486 e. The van der Waals surface area contributed by atoms with Crippen molar-refractivity contribution in [3.8, 4) is 11.5 Å². The number of rotatable bonds is 5. The van der Waals surface area contributed by atoms with Gasteiger partial charge in [0.1, 0.15) is 13.2 Å². The molecule has 1 heterocycles. The minimum absolute atomic E-state index is 0.156. The zero-order valence-corrected chi connectivity index (χ0v) is 12.5. The van der Waals surface area contributed by atoms with E-state index in [-0.39, 0.29) is 24.0 Å². The summed E-state index contributed by atoms with van der Waals surface area (Å²) in [6.07, 6.45) is 0.